The van der Waals surface area contributed by atoms with E-state index in [-0.39, 0.29) is 11.6 Å². The largest absolute Gasteiger partial charge is 0.453 e. The first-order valence-electron chi connectivity index (χ1n) is 12.7. The number of ether oxygens (including phenoxy) is 3. The van der Waals surface area contributed by atoms with Crippen molar-refractivity contribution in [2.24, 2.45) is 0 Å². The van der Waals surface area contributed by atoms with Crippen LogP contribution in [0.2, 0.25) is 5.04 Å². The molecule has 8 heteroatoms. The van der Waals surface area contributed by atoms with Gasteiger partial charge in [0.25, 0.3) is 8.32 Å². The molecule has 1 heterocycles. The van der Waals surface area contributed by atoms with Crippen LogP contribution in [-0.2, 0) is 18.6 Å². The molecule has 0 amide bonds. The molecule has 0 spiro atoms. The van der Waals surface area contributed by atoms with E-state index in [1.807, 2.05) is 36.4 Å². The minimum Gasteiger partial charge on any atom is -0.453 e. The monoisotopic (exact) mass is 536 g/mol. The average molecular weight is 537 g/mol. The van der Waals surface area contributed by atoms with Crippen molar-refractivity contribution < 1.29 is 33.6 Å². The Balaban J connectivity index is 1.65. The molecule has 3 aromatic carbocycles. The highest BCUT2D eigenvalue weighted by Gasteiger charge is 2.53. The molecule has 0 bridgehead atoms. The highest BCUT2D eigenvalue weighted by atomic mass is 28.4. The van der Waals surface area contributed by atoms with Gasteiger partial charge in [0.2, 0.25) is 0 Å². The predicted octanol–water partition coefficient (Wildman–Crippen LogP) is 2.88. The number of aliphatic hydroxyl groups excluding tert-OH is 2. The summed E-state index contributed by atoms with van der Waals surface area (Å²) in [5.74, 6) is -0.655. The SMILES string of the molecule is CO[C@H]1O[C@H](CO[Si](c2ccccc2)(c2ccccc2)C(C)(C)C)[C@@H](O)[C@H](OC(=O)c2ccccc2)[C@H]1O. The predicted molar refractivity (Wildman–Crippen MR) is 147 cm³/mol. The lowest BCUT2D eigenvalue weighted by Gasteiger charge is -2.46. The molecule has 1 saturated heterocycles. The Morgan fingerprint density at radius 2 is 1.34 bits per heavy atom. The number of esters is 1. The maximum absolute atomic E-state index is 12.8. The van der Waals surface area contributed by atoms with Gasteiger partial charge in [-0.15, -0.1) is 0 Å². The van der Waals surface area contributed by atoms with Gasteiger partial charge in [0.15, 0.2) is 12.4 Å². The minimum atomic E-state index is -2.92. The third-order valence-electron chi connectivity index (χ3n) is 7.01. The Hall–Kier alpha value is -2.85. The van der Waals surface area contributed by atoms with Gasteiger partial charge >= 0.3 is 5.97 Å². The second-order valence-electron chi connectivity index (χ2n) is 10.5. The number of carbonyl (C=O) groups is 1. The Bertz CT molecular complexity index is 1130. The number of carbonyl (C=O) groups excluding carboxylic acids is 1. The van der Waals surface area contributed by atoms with Crippen LogP contribution in [0.3, 0.4) is 0 Å². The normalized spacial score (nSPS) is 24.1. The van der Waals surface area contributed by atoms with E-state index in [9.17, 15) is 15.0 Å². The fourth-order valence-electron chi connectivity index (χ4n) is 5.11. The van der Waals surface area contributed by atoms with Crippen molar-refractivity contribution in [2.75, 3.05) is 13.7 Å². The van der Waals surface area contributed by atoms with Gasteiger partial charge in [-0.05, 0) is 27.5 Å². The molecule has 0 aromatic heterocycles. The van der Waals surface area contributed by atoms with Crippen molar-refractivity contribution in [3.05, 3.63) is 96.6 Å². The molecule has 1 fully saturated rings. The standard InChI is InChI=1S/C30H36O7Si/c1-30(2,3)38(22-16-10-6-11-17-22,23-18-12-7-13-19-23)35-20-24-25(31)27(26(32)29(34-4)36-24)37-28(33)21-14-8-5-9-15-21/h5-19,24-27,29,31-32H,20H2,1-4H3/t24-,25-,26-,27+,29+/m1/s1. The van der Waals surface area contributed by atoms with Crippen molar-refractivity contribution in [2.45, 2.75) is 56.5 Å². The van der Waals surface area contributed by atoms with E-state index in [0.717, 1.165) is 10.4 Å². The van der Waals surface area contributed by atoms with Crippen LogP contribution in [-0.4, -0.2) is 68.9 Å². The van der Waals surface area contributed by atoms with Gasteiger partial charge in [-0.2, -0.15) is 0 Å². The fraction of sp³-hybridized carbons (Fsp3) is 0.367. The Labute approximate surface area is 225 Å². The van der Waals surface area contributed by atoms with Crippen LogP contribution in [0.15, 0.2) is 91.0 Å². The van der Waals surface area contributed by atoms with Gasteiger partial charge in [-0.1, -0.05) is 99.6 Å². The summed E-state index contributed by atoms with van der Waals surface area (Å²) in [6.45, 7) is 6.47. The average Bonchev–Trinajstić information content (AvgIpc) is 2.93. The number of hydrogen-bond acceptors (Lipinski definition) is 7. The van der Waals surface area contributed by atoms with E-state index in [1.54, 1.807) is 30.3 Å². The highest BCUT2D eigenvalue weighted by molar-refractivity contribution is 6.99. The van der Waals surface area contributed by atoms with E-state index in [0.29, 0.717) is 5.56 Å². The number of aliphatic hydroxyl groups is 2. The van der Waals surface area contributed by atoms with Crippen LogP contribution in [0.4, 0.5) is 0 Å². The second kappa shape index (κ2) is 11.9. The molecule has 5 atom stereocenters. The van der Waals surface area contributed by atoms with E-state index >= 15 is 0 Å². The van der Waals surface area contributed by atoms with Crippen LogP contribution >= 0.6 is 0 Å². The lowest BCUT2D eigenvalue weighted by molar-refractivity contribution is -0.292. The van der Waals surface area contributed by atoms with Crippen molar-refractivity contribution in [3.8, 4) is 0 Å². The molecule has 0 unspecified atom stereocenters. The summed E-state index contributed by atoms with van der Waals surface area (Å²) in [7, 11) is -1.53. The Morgan fingerprint density at radius 3 is 1.82 bits per heavy atom. The van der Waals surface area contributed by atoms with Gasteiger partial charge in [0.05, 0.1) is 12.2 Å². The zero-order valence-electron chi connectivity index (χ0n) is 22.2. The van der Waals surface area contributed by atoms with Crippen LogP contribution in [0.5, 0.6) is 0 Å². The molecule has 2 N–H and O–H groups in total. The molecule has 0 radical (unpaired) electrons. The quantitative estimate of drug-likeness (QED) is 0.338. The number of benzene rings is 3. The van der Waals surface area contributed by atoms with Gasteiger partial charge in [0, 0.05) is 7.11 Å². The summed E-state index contributed by atoms with van der Waals surface area (Å²) in [5.41, 5.74) is 0.312. The van der Waals surface area contributed by atoms with E-state index in [2.05, 4.69) is 45.0 Å². The summed E-state index contributed by atoms with van der Waals surface area (Å²) < 4.78 is 23.8. The maximum atomic E-state index is 12.8. The third kappa shape index (κ3) is 5.61. The summed E-state index contributed by atoms with van der Waals surface area (Å²) in [5, 5.41) is 24.0. The number of methoxy groups -OCH3 is 1. The Morgan fingerprint density at radius 1 is 0.842 bits per heavy atom. The van der Waals surface area contributed by atoms with Crippen LogP contribution < -0.4 is 10.4 Å². The molecule has 4 rings (SSSR count). The first kappa shape index (κ1) is 28.2. The fourth-order valence-corrected chi connectivity index (χ4v) is 9.68. The topological polar surface area (TPSA) is 94.5 Å². The van der Waals surface area contributed by atoms with Gasteiger partial charge < -0.3 is 28.8 Å². The first-order chi connectivity index (χ1) is 18.2. The molecule has 38 heavy (non-hydrogen) atoms. The molecular weight excluding hydrogens is 500 g/mol. The summed E-state index contributed by atoms with van der Waals surface area (Å²) in [6.07, 6.45) is -6.03. The molecular formula is C30H36O7Si. The highest BCUT2D eigenvalue weighted by Crippen LogP contribution is 2.37. The molecule has 202 valence electrons. The van der Waals surface area contributed by atoms with Crippen molar-refractivity contribution >= 4 is 24.7 Å². The molecule has 7 nitrogen and oxygen atoms in total. The van der Waals surface area contributed by atoms with Crippen LogP contribution in [0.1, 0.15) is 31.1 Å². The first-order valence-corrected chi connectivity index (χ1v) is 14.7. The summed E-state index contributed by atoms with van der Waals surface area (Å²) >= 11 is 0. The molecule has 0 aliphatic carbocycles. The number of rotatable bonds is 8. The zero-order valence-corrected chi connectivity index (χ0v) is 23.2. The second-order valence-corrected chi connectivity index (χ2v) is 14.8. The van der Waals surface area contributed by atoms with Crippen LogP contribution in [0, 0.1) is 0 Å². The van der Waals surface area contributed by atoms with Gasteiger partial charge in [0.1, 0.15) is 18.3 Å². The molecule has 1 aliphatic heterocycles. The van der Waals surface area contributed by atoms with E-state index in [4.69, 9.17) is 18.6 Å². The van der Waals surface area contributed by atoms with Crippen LogP contribution in [0.25, 0.3) is 0 Å². The summed E-state index contributed by atoms with van der Waals surface area (Å²) in [6, 6.07) is 28.7. The van der Waals surface area contributed by atoms with Crippen molar-refractivity contribution in [3.63, 3.8) is 0 Å². The summed E-state index contributed by atoms with van der Waals surface area (Å²) in [4.78, 5) is 12.8. The van der Waals surface area contributed by atoms with Crippen molar-refractivity contribution in [1.82, 2.24) is 0 Å². The van der Waals surface area contributed by atoms with E-state index < -0.39 is 45.0 Å². The lowest BCUT2D eigenvalue weighted by Crippen LogP contribution is -2.68. The smallest absolute Gasteiger partial charge is 0.338 e. The van der Waals surface area contributed by atoms with E-state index in [1.165, 1.54) is 7.11 Å². The number of hydrogen-bond donors (Lipinski definition) is 2. The van der Waals surface area contributed by atoms with Gasteiger partial charge in [-0.3, -0.25) is 0 Å². The third-order valence-corrected chi connectivity index (χ3v) is 12.0. The Kier molecular flexibility index (Phi) is 8.82. The zero-order chi connectivity index (χ0) is 27.3. The maximum Gasteiger partial charge on any atom is 0.338 e. The minimum absolute atomic E-state index is 0.000412. The molecule has 1 aliphatic rings. The van der Waals surface area contributed by atoms with Crippen molar-refractivity contribution in [1.29, 1.82) is 0 Å². The molecule has 0 saturated carbocycles. The van der Waals surface area contributed by atoms with Gasteiger partial charge in [-0.25, -0.2) is 4.79 Å². The molecule has 3 aromatic rings. The lowest BCUT2D eigenvalue weighted by atomic mass is 9.99.